The van der Waals surface area contributed by atoms with E-state index in [1.54, 1.807) is 0 Å². The third-order valence-corrected chi connectivity index (χ3v) is 3.51. The van der Waals surface area contributed by atoms with Crippen LogP contribution in [0.15, 0.2) is 18.2 Å². The minimum atomic E-state index is -0.453. The van der Waals surface area contributed by atoms with Gasteiger partial charge in [-0.1, -0.05) is 0 Å². The first-order valence-electron chi connectivity index (χ1n) is 6.37. The first kappa shape index (κ1) is 13.9. The molecule has 0 aromatic heterocycles. The van der Waals surface area contributed by atoms with Gasteiger partial charge in [0.1, 0.15) is 5.82 Å². The Morgan fingerprint density at radius 3 is 2.95 bits per heavy atom. The van der Waals surface area contributed by atoms with Crippen LogP contribution in [-0.2, 0) is 6.54 Å². The van der Waals surface area contributed by atoms with Crippen molar-refractivity contribution in [3.05, 3.63) is 39.7 Å². The molecule has 2 rings (SSSR count). The minimum absolute atomic E-state index is 0.0141. The van der Waals surface area contributed by atoms with Crippen molar-refractivity contribution in [2.75, 3.05) is 13.1 Å². The molecular formula is C13H18FN3O2. The Balaban J connectivity index is 2.22. The molecule has 1 heterocycles. The van der Waals surface area contributed by atoms with Crippen molar-refractivity contribution < 1.29 is 9.31 Å². The van der Waals surface area contributed by atoms with Crippen molar-refractivity contribution in [2.45, 2.75) is 32.5 Å². The molecule has 0 radical (unpaired) electrons. The molecule has 2 atom stereocenters. The second-order valence-electron chi connectivity index (χ2n) is 5.12. The van der Waals surface area contributed by atoms with E-state index in [4.69, 9.17) is 0 Å². The molecule has 0 saturated carbocycles. The summed E-state index contributed by atoms with van der Waals surface area (Å²) in [4.78, 5) is 12.7. The van der Waals surface area contributed by atoms with Crippen LogP contribution in [0.25, 0.3) is 0 Å². The fraction of sp³-hybridized carbons (Fsp3) is 0.538. The van der Waals surface area contributed by atoms with Gasteiger partial charge in [0.15, 0.2) is 0 Å². The van der Waals surface area contributed by atoms with Crippen LogP contribution in [0, 0.1) is 15.9 Å². The maximum absolute atomic E-state index is 13.3. The quantitative estimate of drug-likeness (QED) is 0.671. The molecule has 0 amide bonds. The molecule has 1 saturated heterocycles. The number of piperazine rings is 1. The van der Waals surface area contributed by atoms with Gasteiger partial charge < -0.3 is 5.32 Å². The summed E-state index contributed by atoms with van der Waals surface area (Å²) in [6.45, 7) is 6.17. The first-order valence-corrected chi connectivity index (χ1v) is 6.37. The number of hydrogen-bond donors (Lipinski definition) is 1. The fourth-order valence-corrected chi connectivity index (χ4v) is 2.40. The van der Waals surface area contributed by atoms with Crippen LogP contribution in [0.5, 0.6) is 0 Å². The number of rotatable bonds is 3. The second-order valence-corrected chi connectivity index (χ2v) is 5.12. The highest BCUT2D eigenvalue weighted by atomic mass is 19.1. The zero-order valence-corrected chi connectivity index (χ0v) is 11.1. The molecular weight excluding hydrogens is 249 g/mol. The number of nitro groups is 1. The molecule has 1 aliphatic heterocycles. The number of hydrogen-bond acceptors (Lipinski definition) is 4. The van der Waals surface area contributed by atoms with Crippen molar-refractivity contribution in [3.63, 3.8) is 0 Å². The van der Waals surface area contributed by atoms with E-state index in [9.17, 15) is 14.5 Å². The molecule has 1 fully saturated rings. The monoisotopic (exact) mass is 267 g/mol. The Labute approximate surface area is 111 Å². The van der Waals surface area contributed by atoms with E-state index in [1.165, 1.54) is 12.1 Å². The standard InChI is InChI=1S/C13H18FN3O2/c1-9-7-16(10(2)6-15-9)8-11-5-12(14)3-4-13(11)17(18)19/h3-5,9-10,15H,6-8H2,1-2H3. The molecule has 2 unspecified atom stereocenters. The van der Waals surface area contributed by atoms with Gasteiger partial charge in [-0.2, -0.15) is 0 Å². The van der Waals surface area contributed by atoms with E-state index in [0.29, 0.717) is 18.2 Å². The molecule has 0 bridgehead atoms. The maximum atomic E-state index is 13.3. The van der Waals surface area contributed by atoms with E-state index in [2.05, 4.69) is 24.1 Å². The fourth-order valence-electron chi connectivity index (χ4n) is 2.40. The Morgan fingerprint density at radius 1 is 1.53 bits per heavy atom. The Bertz CT molecular complexity index is 481. The summed E-state index contributed by atoms with van der Waals surface area (Å²) in [6, 6.07) is 4.24. The van der Waals surface area contributed by atoms with Gasteiger partial charge >= 0.3 is 0 Å². The van der Waals surface area contributed by atoms with Crippen molar-refractivity contribution in [1.82, 2.24) is 10.2 Å². The molecule has 104 valence electrons. The summed E-state index contributed by atoms with van der Waals surface area (Å²) >= 11 is 0. The third-order valence-electron chi connectivity index (χ3n) is 3.51. The maximum Gasteiger partial charge on any atom is 0.274 e. The Hall–Kier alpha value is -1.53. The largest absolute Gasteiger partial charge is 0.311 e. The summed E-state index contributed by atoms with van der Waals surface area (Å²) < 4.78 is 13.3. The molecule has 1 aromatic rings. The number of nitrogens with one attached hydrogen (secondary N) is 1. The number of halogens is 1. The zero-order valence-electron chi connectivity index (χ0n) is 11.1. The Kier molecular flexibility index (Phi) is 4.11. The van der Waals surface area contributed by atoms with Gasteiger partial charge in [-0.15, -0.1) is 0 Å². The highest BCUT2D eigenvalue weighted by Gasteiger charge is 2.25. The van der Waals surface area contributed by atoms with Gasteiger partial charge in [0.25, 0.3) is 5.69 Å². The van der Waals surface area contributed by atoms with E-state index in [-0.39, 0.29) is 11.7 Å². The van der Waals surface area contributed by atoms with Crippen LogP contribution >= 0.6 is 0 Å². The van der Waals surface area contributed by atoms with Crippen LogP contribution in [0.1, 0.15) is 19.4 Å². The lowest BCUT2D eigenvalue weighted by atomic mass is 10.1. The smallest absolute Gasteiger partial charge is 0.274 e. The van der Waals surface area contributed by atoms with Gasteiger partial charge in [0.2, 0.25) is 0 Å². The zero-order chi connectivity index (χ0) is 14.0. The molecule has 0 aliphatic carbocycles. The first-order chi connectivity index (χ1) is 8.97. The van der Waals surface area contributed by atoms with E-state index in [0.717, 1.165) is 19.2 Å². The topological polar surface area (TPSA) is 58.4 Å². The summed E-state index contributed by atoms with van der Waals surface area (Å²) in [5, 5.41) is 14.3. The van der Waals surface area contributed by atoms with Crippen LogP contribution in [0.4, 0.5) is 10.1 Å². The summed E-state index contributed by atoms with van der Waals surface area (Å²) in [6.07, 6.45) is 0. The van der Waals surface area contributed by atoms with Gasteiger partial charge in [-0.3, -0.25) is 15.0 Å². The molecule has 1 aliphatic rings. The predicted octanol–water partition coefficient (Wildman–Crippen LogP) is 1.92. The molecule has 1 N–H and O–H groups in total. The number of nitrogens with zero attached hydrogens (tertiary/aromatic N) is 2. The lowest BCUT2D eigenvalue weighted by Gasteiger charge is -2.37. The van der Waals surface area contributed by atoms with Gasteiger partial charge in [0, 0.05) is 43.3 Å². The lowest BCUT2D eigenvalue weighted by molar-refractivity contribution is -0.385. The van der Waals surface area contributed by atoms with Gasteiger partial charge in [-0.05, 0) is 26.0 Å². The summed E-state index contributed by atoms with van der Waals surface area (Å²) in [5.41, 5.74) is 0.422. The lowest BCUT2D eigenvalue weighted by Crippen LogP contribution is -2.53. The van der Waals surface area contributed by atoms with Crippen molar-refractivity contribution in [2.24, 2.45) is 0 Å². The van der Waals surface area contributed by atoms with Crippen molar-refractivity contribution in [3.8, 4) is 0 Å². The predicted molar refractivity (Wildman–Crippen MR) is 70.4 cm³/mol. The molecule has 0 spiro atoms. The van der Waals surface area contributed by atoms with Crippen molar-refractivity contribution in [1.29, 1.82) is 0 Å². The average molecular weight is 267 g/mol. The summed E-state index contributed by atoms with van der Waals surface area (Å²) in [5.74, 6) is -0.434. The molecule has 5 nitrogen and oxygen atoms in total. The molecule has 6 heteroatoms. The summed E-state index contributed by atoms with van der Waals surface area (Å²) in [7, 11) is 0. The number of nitro benzene ring substituents is 1. The van der Waals surface area contributed by atoms with Crippen LogP contribution in [-0.4, -0.2) is 35.0 Å². The molecule has 19 heavy (non-hydrogen) atoms. The normalized spacial score (nSPS) is 24.4. The van der Waals surface area contributed by atoms with Gasteiger partial charge in [-0.25, -0.2) is 4.39 Å². The van der Waals surface area contributed by atoms with Crippen LogP contribution in [0.2, 0.25) is 0 Å². The van der Waals surface area contributed by atoms with Crippen LogP contribution < -0.4 is 5.32 Å². The van der Waals surface area contributed by atoms with E-state index < -0.39 is 10.7 Å². The van der Waals surface area contributed by atoms with Crippen LogP contribution in [0.3, 0.4) is 0 Å². The highest BCUT2D eigenvalue weighted by molar-refractivity contribution is 5.40. The minimum Gasteiger partial charge on any atom is -0.311 e. The van der Waals surface area contributed by atoms with E-state index in [1.807, 2.05) is 0 Å². The van der Waals surface area contributed by atoms with Crippen molar-refractivity contribution >= 4 is 5.69 Å². The molecule has 1 aromatic carbocycles. The van der Waals surface area contributed by atoms with E-state index >= 15 is 0 Å². The third kappa shape index (κ3) is 3.27. The Morgan fingerprint density at radius 2 is 2.26 bits per heavy atom. The highest BCUT2D eigenvalue weighted by Crippen LogP contribution is 2.22. The average Bonchev–Trinajstić information content (AvgIpc) is 2.33. The van der Waals surface area contributed by atoms with Gasteiger partial charge in [0.05, 0.1) is 4.92 Å². The second kappa shape index (κ2) is 5.63. The number of benzene rings is 1. The SMILES string of the molecule is CC1CN(Cc2cc(F)ccc2[N+](=O)[O-])C(C)CN1.